The van der Waals surface area contributed by atoms with Crippen LogP contribution in [0.25, 0.3) is 0 Å². The van der Waals surface area contributed by atoms with Gasteiger partial charge in [-0.2, -0.15) is 17.4 Å². The molecule has 19 heavy (non-hydrogen) atoms. The first-order chi connectivity index (χ1) is 8.86. The summed E-state index contributed by atoms with van der Waals surface area (Å²) in [6, 6.07) is -1.15. The van der Waals surface area contributed by atoms with Crippen molar-refractivity contribution < 1.29 is 23.1 Å². The lowest BCUT2D eigenvalue weighted by Gasteiger charge is -2.31. The molecule has 1 fully saturated rings. The second-order valence-corrected chi connectivity index (χ2v) is 6.60. The minimum absolute atomic E-state index is 0.106. The van der Waals surface area contributed by atoms with E-state index in [-0.39, 0.29) is 13.0 Å². The number of hydrogen-bond acceptors (Lipinski definition) is 4. The van der Waals surface area contributed by atoms with Crippen molar-refractivity contribution in [3.8, 4) is 0 Å². The number of nitrogens with zero attached hydrogens (tertiary/aromatic N) is 1. The summed E-state index contributed by atoms with van der Waals surface area (Å²) in [5.41, 5.74) is 0. The number of rotatable bonds is 7. The van der Waals surface area contributed by atoms with Crippen molar-refractivity contribution in [2.75, 3.05) is 26.8 Å². The average Bonchev–Trinajstić information content (AvgIpc) is 2.34. The largest absolute Gasteiger partial charge is 0.480 e. The van der Waals surface area contributed by atoms with E-state index < -0.39 is 22.2 Å². The van der Waals surface area contributed by atoms with Crippen LogP contribution in [-0.2, 0) is 19.7 Å². The van der Waals surface area contributed by atoms with Crippen molar-refractivity contribution in [3.05, 3.63) is 0 Å². The topological polar surface area (TPSA) is 95.9 Å². The third-order valence-electron chi connectivity index (χ3n) is 3.16. The molecule has 0 aromatic carbocycles. The van der Waals surface area contributed by atoms with E-state index in [1.165, 1.54) is 11.4 Å². The molecule has 2 atom stereocenters. The highest BCUT2D eigenvalue weighted by Crippen LogP contribution is 2.18. The van der Waals surface area contributed by atoms with E-state index in [1.54, 1.807) is 0 Å². The number of nitrogens with one attached hydrogen (secondary N) is 1. The fraction of sp³-hybridized carbons (Fsp3) is 0.909. The molecule has 112 valence electrons. The van der Waals surface area contributed by atoms with Gasteiger partial charge in [0.15, 0.2) is 0 Å². The van der Waals surface area contributed by atoms with E-state index in [4.69, 9.17) is 9.84 Å². The maximum atomic E-state index is 12.1. The highest BCUT2D eigenvalue weighted by Gasteiger charge is 2.31. The predicted octanol–water partition coefficient (Wildman–Crippen LogP) is 0.0424. The van der Waals surface area contributed by atoms with E-state index >= 15 is 0 Å². The summed E-state index contributed by atoms with van der Waals surface area (Å²) in [7, 11) is -2.30. The predicted molar refractivity (Wildman–Crippen MR) is 69.9 cm³/mol. The van der Waals surface area contributed by atoms with Crippen LogP contribution in [0.15, 0.2) is 0 Å². The van der Waals surface area contributed by atoms with Gasteiger partial charge in [0.1, 0.15) is 6.04 Å². The maximum Gasteiger partial charge on any atom is 0.321 e. The van der Waals surface area contributed by atoms with Gasteiger partial charge in [-0.3, -0.25) is 4.79 Å². The molecular weight excluding hydrogens is 272 g/mol. The zero-order valence-corrected chi connectivity index (χ0v) is 12.1. The number of aliphatic carboxylic acids is 1. The molecule has 2 N–H and O–H groups in total. The highest BCUT2D eigenvalue weighted by atomic mass is 32.2. The maximum absolute atomic E-state index is 12.1. The van der Waals surface area contributed by atoms with Gasteiger partial charge < -0.3 is 9.84 Å². The van der Waals surface area contributed by atoms with E-state index in [0.29, 0.717) is 19.0 Å². The number of methoxy groups -OCH3 is 1. The Kier molecular flexibility index (Phi) is 6.18. The first-order valence-corrected chi connectivity index (χ1v) is 7.80. The quantitative estimate of drug-likeness (QED) is 0.691. The van der Waals surface area contributed by atoms with Crippen molar-refractivity contribution in [3.63, 3.8) is 0 Å². The molecule has 0 amide bonds. The van der Waals surface area contributed by atoms with Gasteiger partial charge in [0.05, 0.1) is 0 Å². The molecule has 1 heterocycles. The lowest BCUT2D eigenvalue weighted by atomic mass is 10.0. The number of carboxylic acid groups (broad SMARTS) is 1. The molecule has 0 aliphatic carbocycles. The molecule has 0 bridgehead atoms. The third-order valence-corrected chi connectivity index (χ3v) is 4.75. The van der Waals surface area contributed by atoms with Crippen molar-refractivity contribution >= 4 is 16.2 Å². The Morgan fingerprint density at radius 1 is 1.58 bits per heavy atom. The molecule has 1 aliphatic rings. The Morgan fingerprint density at radius 3 is 2.79 bits per heavy atom. The second kappa shape index (κ2) is 7.18. The van der Waals surface area contributed by atoms with Gasteiger partial charge in [0, 0.05) is 26.8 Å². The number of carboxylic acids is 1. The van der Waals surface area contributed by atoms with Crippen LogP contribution in [0, 0.1) is 5.92 Å². The van der Waals surface area contributed by atoms with Crippen molar-refractivity contribution in [1.29, 1.82) is 0 Å². The molecule has 1 aliphatic heterocycles. The zero-order valence-electron chi connectivity index (χ0n) is 11.3. The first-order valence-electron chi connectivity index (χ1n) is 6.36. The molecule has 8 heteroatoms. The lowest BCUT2D eigenvalue weighted by Crippen LogP contribution is -2.51. The summed E-state index contributed by atoms with van der Waals surface area (Å²) in [4.78, 5) is 11.0. The summed E-state index contributed by atoms with van der Waals surface area (Å²) >= 11 is 0. The van der Waals surface area contributed by atoms with Crippen LogP contribution in [0.3, 0.4) is 0 Å². The molecule has 7 nitrogen and oxygen atoms in total. The average molecular weight is 294 g/mol. The fourth-order valence-corrected chi connectivity index (χ4v) is 3.63. The smallest absolute Gasteiger partial charge is 0.321 e. The summed E-state index contributed by atoms with van der Waals surface area (Å²) in [6.45, 7) is 3.05. The Morgan fingerprint density at radius 2 is 2.26 bits per heavy atom. The molecule has 0 radical (unpaired) electrons. The van der Waals surface area contributed by atoms with Crippen molar-refractivity contribution in [1.82, 2.24) is 9.03 Å². The molecule has 0 aromatic rings. The van der Waals surface area contributed by atoms with Gasteiger partial charge in [0.25, 0.3) is 10.2 Å². The molecule has 0 saturated carbocycles. The minimum atomic E-state index is -3.74. The Balaban J connectivity index is 2.67. The van der Waals surface area contributed by atoms with Gasteiger partial charge >= 0.3 is 5.97 Å². The highest BCUT2D eigenvalue weighted by molar-refractivity contribution is 7.87. The summed E-state index contributed by atoms with van der Waals surface area (Å²) < 4.78 is 32.6. The number of piperidine rings is 1. The number of hydrogen-bond donors (Lipinski definition) is 2. The monoisotopic (exact) mass is 294 g/mol. The zero-order chi connectivity index (χ0) is 14.5. The van der Waals surface area contributed by atoms with Gasteiger partial charge in [-0.05, 0) is 25.2 Å². The Hall–Kier alpha value is -0.700. The van der Waals surface area contributed by atoms with E-state index in [9.17, 15) is 13.2 Å². The van der Waals surface area contributed by atoms with Crippen LogP contribution < -0.4 is 4.72 Å². The van der Waals surface area contributed by atoms with Crippen LogP contribution in [-0.4, -0.2) is 56.6 Å². The van der Waals surface area contributed by atoms with Crippen molar-refractivity contribution in [2.24, 2.45) is 5.92 Å². The van der Waals surface area contributed by atoms with Gasteiger partial charge in [0.2, 0.25) is 0 Å². The Bertz CT molecular complexity index is 398. The molecule has 0 aromatic heterocycles. The summed E-state index contributed by atoms with van der Waals surface area (Å²) in [5, 5.41) is 9.01. The SMILES string of the molecule is COCCC(NS(=O)(=O)N1CCCC(C)C1)C(=O)O. The van der Waals surface area contributed by atoms with Gasteiger partial charge in [-0.25, -0.2) is 0 Å². The lowest BCUT2D eigenvalue weighted by molar-refractivity contribution is -0.139. The van der Waals surface area contributed by atoms with Crippen LogP contribution in [0.2, 0.25) is 0 Å². The van der Waals surface area contributed by atoms with Crippen LogP contribution in [0.1, 0.15) is 26.2 Å². The van der Waals surface area contributed by atoms with Crippen LogP contribution >= 0.6 is 0 Å². The summed E-state index contributed by atoms with van der Waals surface area (Å²) in [5.74, 6) is -0.890. The van der Waals surface area contributed by atoms with E-state index in [2.05, 4.69) is 4.72 Å². The van der Waals surface area contributed by atoms with Crippen LogP contribution in [0.4, 0.5) is 0 Å². The second-order valence-electron chi connectivity index (χ2n) is 4.90. The van der Waals surface area contributed by atoms with Crippen molar-refractivity contribution in [2.45, 2.75) is 32.2 Å². The standard InChI is InChI=1S/C11H22N2O5S/c1-9-4-3-6-13(8-9)19(16,17)12-10(11(14)15)5-7-18-2/h9-10,12H,3-8H2,1-2H3,(H,14,15). The molecule has 1 rings (SSSR count). The molecule has 1 saturated heterocycles. The van der Waals surface area contributed by atoms with E-state index in [0.717, 1.165) is 12.8 Å². The van der Waals surface area contributed by atoms with Gasteiger partial charge in [-0.1, -0.05) is 6.92 Å². The van der Waals surface area contributed by atoms with Gasteiger partial charge in [-0.15, -0.1) is 0 Å². The molecular formula is C11H22N2O5S. The molecule has 2 unspecified atom stereocenters. The van der Waals surface area contributed by atoms with Crippen LogP contribution in [0.5, 0.6) is 0 Å². The number of carbonyl (C=O) groups is 1. The minimum Gasteiger partial charge on any atom is -0.480 e. The Labute approximate surface area is 114 Å². The molecule has 0 spiro atoms. The fourth-order valence-electron chi connectivity index (χ4n) is 2.09. The first kappa shape index (κ1) is 16.4. The summed E-state index contributed by atoms with van der Waals surface area (Å²) in [6.07, 6.45) is 1.91. The normalized spacial score (nSPS) is 23.2. The number of ether oxygens (including phenoxy) is 1. The van der Waals surface area contributed by atoms with E-state index in [1.807, 2.05) is 6.92 Å². The third kappa shape index (κ3) is 5.06.